The molecule has 1 aromatic carbocycles. The summed E-state index contributed by atoms with van der Waals surface area (Å²) in [7, 11) is 1.64. The Hall–Kier alpha value is -1.48. The maximum absolute atomic E-state index is 5.55. The van der Waals surface area contributed by atoms with Crippen LogP contribution in [0, 0.1) is 0 Å². The summed E-state index contributed by atoms with van der Waals surface area (Å²) in [5.74, 6) is 1.52. The topological polar surface area (TPSA) is 44.5 Å². The van der Waals surface area contributed by atoms with Gasteiger partial charge in [-0.05, 0) is 31.5 Å². The third-order valence-electron chi connectivity index (χ3n) is 2.22. The van der Waals surface area contributed by atoms with Crippen molar-refractivity contribution >= 4 is 6.08 Å². The molecule has 0 aliphatic heterocycles. The van der Waals surface area contributed by atoms with Crippen molar-refractivity contribution in [2.45, 2.75) is 13.8 Å². The van der Waals surface area contributed by atoms with E-state index >= 15 is 0 Å². The molecule has 3 heteroatoms. The molecule has 16 heavy (non-hydrogen) atoms. The normalized spacial score (nSPS) is 11.4. The van der Waals surface area contributed by atoms with Gasteiger partial charge in [0.25, 0.3) is 0 Å². The van der Waals surface area contributed by atoms with Gasteiger partial charge in [0.15, 0.2) is 11.5 Å². The van der Waals surface area contributed by atoms with Crippen LogP contribution in [0.3, 0.4) is 0 Å². The Balaban J connectivity index is 3.01. The molecule has 0 aliphatic carbocycles. The van der Waals surface area contributed by atoms with Crippen molar-refractivity contribution in [3.05, 3.63) is 29.3 Å². The van der Waals surface area contributed by atoms with Crippen LogP contribution in [0.4, 0.5) is 0 Å². The van der Waals surface area contributed by atoms with Crippen LogP contribution in [0.5, 0.6) is 11.5 Å². The number of nitrogens with two attached hydrogens (primary N) is 1. The highest BCUT2D eigenvalue weighted by atomic mass is 16.5. The van der Waals surface area contributed by atoms with Crippen LogP contribution in [-0.2, 0) is 0 Å². The van der Waals surface area contributed by atoms with Gasteiger partial charge in [-0.1, -0.05) is 17.7 Å². The summed E-state index contributed by atoms with van der Waals surface area (Å²) in [5, 5.41) is 0. The van der Waals surface area contributed by atoms with Crippen molar-refractivity contribution in [2.24, 2.45) is 5.73 Å². The van der Waals surface area contributed by atoms with Crippen molar-refractivity contribution in [2.75, 3.05) is 20.3 Å². The second kappa shape index (κ2) is 6.18. The van der Waals surface area contributed by atoms with Crippen molar-refractivity contribution < 1.29 is 9.47 Å². The number of rotatable bonds is 5. The van der Waals surface area contributed by atoms with E-state index in [1.165, 1.54) is 0 Å². The van der Waals surface area contributed by atoms with Gasteiger partial charge >= 0.3 is 0 Å². The van der Waals surface area contributed by atoms with Crippen LogP contribution < -0.4 is 15.2 Å². The average molecular weight is 221 g/mol. The zero-order valence-electron chi connectivity index (χ0n) is 10.1. The molecule has 0 spiro atoms. The second-order valence-corrected chi connectivity index (χ2v) is 3.54. The fourth-order valence-corrected chi connectivity index (χ4v) is 1.39. The van der Waals surface area contributed by atoms with E-state index in [1.807, 2.05) is 38.1 Å². The molecule has 0 saturated heterocycles. The van der Waals surface area contributed by atoms with Gasteiger partial charge in [0.1, 0.15) is 0 Å². The van der Waals surface area contributed by atoms with E-state index in [0.29, 0.717) is 13.2 Å². The van der Waals surface area contributed by atoms with Gasteiger partial charge in [-0.2, -0.15) is 0 Å². The minimum absolute atomic E-state index is 0.565. The first-order valence-electron chi connectivity index (χ1n) is 5.39. The van der Waals surface area contributed by atoms with E-state index in [1.54, 1.807) is 7.11 Å². The van der Waals surface area contributed by atoms with Crippen molar-refractivity contribution in [3.63, 3.8) is 0 Å². The number of hydrogen-bond donors (Lipinski definition) is 1. The molecule has 0 unspecified atom stereocenters. The highest BCUT2D eigenvalue weighted by Gasteiger charge is 2.03. The molecule has 1 aromatic rings. The van der Waals surface area contributed by atoms with E-state index in [0.717, 1.165) is 22.6 Å². The van der Waals surface area contributed by atoms with E-state index in [4.69, 9.17) is 15.2 Å². The largest absolute Gasteiger partial charge is 0.493 e. The second-order valence-electron chi connectivity index (χ2n) is 3.54. The van der Waals surface area contributed by atoms with Crippen LogP contribution in [0.15, 0.2) is 23.8 Å². The minimum Gasteiger partial charge on any atom is -0.493 e. The van der Waals surface area contributed by atoms with Gasteiger partial charge in [-0.25, -0.2) is 0 Å². The van der Waals surface area contributed by atoms with Crippen LogP contribution >= 0.6 is 0 Å². The fraction of sp³-hybridized carbons (Fsp3) is 0.385. The predicted octanol–water partition coefficient (Wildman–Crippen LogP) is 2.46. The lowest BCUT2D eigenvalue weighted by Gasteiger charge is -2.10. The molecular weight excluding hydrogens is 202 g/mol. The Morgan fingerprint density at radius 3 is 2.69 bits per heavy atom. The average Bonchev–Trinajstić information content (AvgIpc) is 2.30. The van der Waals surface area contributed by atoms with Crippen molar-refractivity contribution in [1.82, 2.24) is 0 Å². The van der Waals surface area contributed by atoms with Gasteiger partial charge < -0.3 is 15.2 Å². The van der Waals surface area contributed by atoms with Crippen LogP contribution in [0.25, 0.3) is 6.08 Å². The summed E-state index contributed by atoms with van der Waals surface area (Å²) >= 11 is 0. The Morgan fingerprint density at radius 1 is 1.38 bits per heavy atom. The molecule has 1 rings (SSSR count). The lowest BCUT2D eigenvalue weighted by molar-refractivity contribution is 0.311. The molecule has 0 bridgehead atoms. The molecule has 0 aliphatic rings. The molecule has 0 fully saturated rings. The molecule has 88 valence electrons. The van der Waals surface area contributed by atoms with E-state index < -0.39 is 0 Å². The molecular formula is C13H19NO2. The molecule has 0 heterocycles. The summed E-state index contributed by atoms with van der Waals surface area (Å²) in [6.45, 7) is 5.15. The first-order chi connectivity index (χ1) is 7.71. The van der Waals surface area contributed by atoms with Gasteiger partial charge in [-0.15, -0.1) is 0 Å². The Labute approximate surface area is 96.9 Å². The molecule has 0 atom stereocenters. The Bertz CT molecular complexity index is 372. The van der Waals surface area contributed by atoms with Gasteiger partial charge in [0.2, 0.25) is 0 Å². The van der Waals surface area contributed by atoms with E-state index in [2.05, 4.69) is 0 Å². The maximum Gasteiger partial charge on any atom is 0.161 e. The Kier molecular flexibility index (Phi) is 4.86. The summed E-state index contributed by atoms with van der Waals surface area (Å²) in [5.41, 5.74) is 7.76. The van der Waals surface area contributed by atoms with Crippen LogP contribution in [-0.4, -0.2) is 20.3 Å². The number of benzene rings is 1. The standard InChI is InChI=1S/C13H19NO2/c1-4-16-13-8-11(7-10(2)9-14)5-6-12(13)15-3/h5-8H,4,9,14H2,1-3H3. The monoisotopic (exact) mass is 221 g/mol. The highest BCUT2D eigenvalue weighted by molar-refractivity contribution is 5.58. The first-order valence-corrected chi connectivity index (χ1v) is 5.39. The number of ether oxygens (including phenoxy) is 2. The summed E-state index contributed by atoms with van der Waals surface area (Å²) in [6, 6.07) is 5.85. The SMILES string of the molecule is CCOc1cc(C=C(C)CN)ccc1OC. The third kappa shape index (κ3) is 3.28. The van der Waals surface area contributed by atoms with Crippen LogP contribution in [0.2, 0.25) is 0 Å². The number of hydrogen-bond acceptors (Lipinski definition) is 3. The summed E-state index contributed by atoms with van der Waals surface area (Å²) in [6.07, 6.45) is 2.04. The summed E-state index contributed by atoms with van der Waals surface area (Å²) in [4.78, 5) is 0. The third-order valence-corrected chi connectivity index (χ3v) is 2.22. The first kappa shape index (κ1) is 12.6. The molecule has 2 N–H and O–H groups in total. The summed E-state index contributed by atoms with van der Waals surface area (Å²) < 4.78 is 10.7. The van der Waals surface area contributed by atoms with Gasteiger partial charge in [0.05, 0.1) is 13.7 Å². The number of methoxy groups -OCH3 is 1. The van der Waals surface area contributed by atoms with Crippen LogP contribution in [0.1, 0.15) is 19.4 Å². The van der Waals surface area contributed by atoms with E-state index in [-0.39, 0.29) is 0 Å². The highest BCUT2D eigenvalue weighted by Crippen LogP contribution is 2.28. The Morgan fingerprint density at radius 2 is 2.12 bits per heavy atom. The zero-order chi connectivity index (χ0) is 12.0. The molecule has 0 amide bonds. The van der Waals surface area contributed by atoms with Crippen molar-refractivity contribution in [1.29, 1.82) is 0 Å². The molecule has 0 radical (unpaired) electrons. The van der Waals surface area contributed by atoms with Crippen molar-refractivity contribution in [3.8, 4) is 11.5 Å². The minimum atomic E-state index is 0.565. The van der Waals surface area contributed by atoms with E-state index in [9.17, 15) is 0 Å². The van der Waals surface area contributed by atoms with Gasteiger partial charge in [0, 0.05) is 6.54 Å². The zero-order valence-corrected chi connectivity index (χ0v) is 10.1. The molecule has 3 nitrogen and oxygen atoms in total. The smallest absolute Gasteiger partial charge is 0.161 e. The maximum atomic E-state index is 5.55. The van der Waals surface area contributed by atoms with Gasteiger partial charge in [-0.3, -0.25) is 0 Å². The quantitative estimate of drug-likeness (QED) is 0.830. The lowest BCUT2D eigenvalue weighted by atomic mass is 10.1. The predicted molar refractivity (Wildman–Crippen MR) is 66.9 cm³/mol. The fourth-order valence-electron chi connectivity index (χ4n) is 1.39. The molecule has 0 saturated carbocycles. The lowest BCUT2D eigenvalue weighted by Crippen LogP contribution is -1.99. The molecule has 0 aromatic heterocycles.